The molecule has 0 saturated carbocycles. The lowest BCUT2D eigenvalue weighted by molar-refractivity contribution is -0.119. The standard InChI is InChI=1S/C31H28ClF2N7O4/c1-3-44-27-16-40(39-38-27)25-9-7-19(32)14-22(25)26-10-8-21(30(43)45-26)20-6-4-5-17(2)29(42)37-24-15-36-41(31(33)34)28(24)18-11-12-35-23(20)13-18/h7-17,20,31H,3-6H2,1-2H3,(H,37,42)/t17-,20+/m0/s1. The van der Waals surface area contributed by atoms with Gasteiger partial charge in [0.05, 0.1) is 36.1 Å². The smallest absolute Gasteiger partial charge is 0.340 e. The van der Waals surface area contributed by atoms with Crippen molar-refractivity contribution < 1.29 is 22.7 Å². The van der Waals surface area contributed by atoms with Crippen molar-refractivity contribution in [2.45, 2.75) is 45.6 Å². The molecule has 1 N–H and O–H groups in total. The van der Waals surface area contributed by atoms with Crippen LogP contribution in [0, 0.1) is 5.92 Å². The molecule has 6 rings (SSSR count). The van der Waals surface area contributed by atoms with Crippen LogP contribution in [0.1, 0.15) is 56.8 Å². The Bertz CT molecular complexity index is 1920. The van der Waals surface area contributed by atoms with E-state index >= 15 is 0 Å². The van der Waals surface area contributed by atoms with Crippen molar-refractivity contribution in [3.63, 3.8) is 0 Å². The molecule has 0 aliphatic carbocycles. The Kier molecular flexibility index (Phi) is 8.44. The maximum Gasteiger partial charge on any atom is 0.340 e. The molecule has 1 aromatic carbocycles. The second kappa shape index (κ2) is 12.6. The van der Waals surface area contributed by atoms with Crippen LogP contribution in [-0.4, -0.2) is 42.3 Å². The molecule has 2 atom stereocenters. The van der Waals surface area contributed by atoms with Gasteiger partial charge in [0.2, 0.25) is 5.91 Å². The van der Waals surface area contributed by atoms with Crippen LogP contribution in [0.4, 0.5) is 14.5 Å². The maximum absolute atomic E-state index is 13.9. The van der Waals surface area contributed by atoms with E-state index in [9.17, 15) is 18.4 Å². The first kappa shape index (κ1) is 30.1. The summed E-state index contributed by atoms with van der Waals surface area (Å²) in [4.78, 5) is 31.1. The summed E-state index contributed by atoms with van der Waals surface area (Å²) in [6.45, 7) is 1.08. The lowest BCUT2D eigenvalue weighted by Crippen LogP contribution is -2.22. The van der Waals surface area contributed by atoms with Gasteiger partial charge in [-0.3, -0.25) is 9.78 Å². The van der Waals surface area contributed by atoms with Gasteiger partial charge in [0.25, 0.3) is 5.88 Å². The number of ether oxygens (including phenoxy) is 1. The minimum atomic E-state index is -2.94. The molecule has 45 heavy (non-hydrogen) atoms. The normalized spacial score (nSPS) is 16.9. The third-order valence-electron chi connectivity index (χ3n) is 7.69. The number of benzene rings is 1. The predicted molar refractivity (Wildman–Crippen MR) is 162 cm³/mol. The van der Waals surface area contributed by atoms with E-state index in [1.54, 1.807) is 55.6 Å². The van der Waals surface area contributed by atoms with Gasteiger partial charge >= 0.3 is 12.2 Å². The Morgan fingerprint density at radius 1 is 1.16 bits per heavy atom. The van der Waals surface area contributed by atoms with Crippen molar-refractivity contribution in [1.29, 1.82) is 0 Å². The van der Waals surface area contributed by atoms with Gasteiger partial charge in [-0.05, 0) is 62.2 Å². The third-order valence-corrected chi connectivity index (χ3v) is 7.93. The van der Waals surface area contributed by atoms with Crippen LogP contribution >= 0.6 is 11.6 Å². The third kappa shape index (κ3) is 6.07. The number of rotatable bonds is 6. The second-order valence-corrected chi connectivity index (χ2v) is 11.0. The number of amides is 1. The molecule has 0 radical (unpaired) electrons. The summed E-state index contributed by atoms with van der Waals surface area (Å²) < 4.78 is 41.3. The number of halogens is 3. The first-order valence-electron chi connectivity index (χ1n) is 14.4. The van der Waals surface area contributed by atoms with Crippen LogP contribution in [-0.2, 0) is 4.79 Å². The van der Waals surface area contributed by atoms with Crippen molar-refractivity contribution in [1.82, 2.24) is 29.8 Å². The van der Waals surface area contributed by atoms with Crippen LogP contribution in [0.5, 0.6) is 5.88 Å². The first-order chi connectivity index (χ1) is 21.7. The zero-order valence-electron chi connectivity index (χ0n) is 24.3. The van der Waals surface area contributed by atoms with Gasteiger partial charge in [0, 0.05) is 45.4 Å². The van der Waals surface area contributed by atoms with Crippen molar-refractivity contribution in [3.05, 3.63) is 87.8 Å². The number of alkyl halides is 2. The number of hydrogen-bond donors (Lipinski definition) is 1. The van der Waals surface area contributed by atoms with E-state index in [0.29, 0.717) is 69.5 Å². The van der Waals surface area contributed by atoms with Gasteiger partial charge in [0.15, 0.2) is 0 Å². The van der Waals surface area contributed by atoms with Crippen molar-refractivity contribution in [2.24, 2.45) is 5.92 Å². The zero-order chi connectivity index (χ0) is 31.7. The highest BCUT2D eigenvalue weighted by molar-refractivity contribution is 6.31. The van der Waals surface area contributed by atoms with E-state index < -0.39 is 24.0 Å². The molecule has 11 nitrogen and oxygen atoms in total. The van der Waals surface area contributed by atoms with E-state index in [4.69, 9.17) is 20.8 Å². The van der Waals surface area contributed by atoms with Gasteiger partial charge < -0.3 is 14.5 Å². The van der Waals surface area contributed by atoms with Crippen LogP contribution in [0.15, 0.2) is 70.3 Å². The molecule has 0 fully saturated rings. The summed E-state index contributed by atoms with van der Waals surface area (Å²) >= 11 is 6.33. The molecule has 5 heterocycles. The number of nitrogens with zero attached hydrogens (tertiary/aromatic N) is 6. The van der Waals surface area contributed by atoms with Crippen LogP contribution < -0.4 is 15.7 Å². The van der Waals surface area contributed by atoms with Gasteiger partial charge in [-0.2, -0.15) is 13.9 Å². The van der Waals surface area contributed by atoms with Crippen LogP contribution in [0.3, 0.4) is 0 Å². The number of hydrogen-bond acceptors (Lipinski definition) is 8. The lowest BCUT2D eigenvalue weighted by Gasteiger charge is -2.20. The fourth-order valence-corrected chi connectivity index (χ4v) is 5.64. The predicted octanol–water partition coefficient (Wildman–Crippen LogP) is 6.48. The Morgan fingerprint density at radius 2 is 2.00 bits per heavy atom. The molecule has 0 unspecified atom stereocenters. The summed E-state index contributed by atoms with van der Waals surface area (Å²) in [5.74, 6) is -0.680. The summed E-state index contributed by atoms with van der Waals surface area (Å²) in [6.07, 6.45) is 5.85. The molecule has 1 aliphatic heterocycles. The Hall–Kier alpha value is -4.91. The summed E-state index contributed by atoms with van der Waals surface area (Å²) in [6, 6.07) is 11.6. The fraction of sp³-hybridized carbons (Fsp3) is 0.290. The Morgan fingerprint density at radius 3 is 2.78 bits per heavy atom. The molecule has 5 aromatic rings. The quantitative estimate of drug-likeness (QED) is 0.224. The molecule has 2 bridgehead atoms. The first-order valence-corrected chi connectivity index (χ1v) is 14.7. The minimum Gasteiger partial charge on any atom is -0.476 e. The zero-order valence-corrected chi connectivity index (χ0v) is 25.0. The number of aromatic nitrogens is 6. The number of anilines is 1. The molecular formula is C31H28ClF2N7O4. The molecule has 232 valence electrons. The number of pyridine rings is 1. The maximum atomic E-state index is 13.9. The molecule has 0 saturated heterocycles. The average molecular weight is 636 g/mol. The summed E-state index contributed by atoms with van der Waals surface area (Å²) in [5.41, 5.74) is 1.89. The SMILES string of the molecule is CCOc1cn(-c2ccc(Cl)cc2-c2ccc([C@H]3CCC[C@H](C)C(=O)Nc4cnn(C(F)F)c4-c4ccnc3c4)c(=O)o2)nn1. The van der Waals surface area contributed by atoms with Crippen molar-refractivity contribution in [3.8, 4) is 34.1 Å². The summed E-state index contributed by atoms with van der Waals surface area (Å²) in [7, 11) is 0. The van der Waals surface area contributed by atoms with Crippen molar-refractivity contribution in [2.75, 3.05) is 11.9 Å². The fourth-order valence-electron chi connectivity index (χ4n) is 5.47. The highest BCUT2D eigenvalue weighted by Gasteiger charge is 2.27. The number of carbonyl (C=O) groups excluding carboxylic acids is 1. The molecule has 0 spiro atoms. The highest BCUT2D eigenvalue weighted by atomic mass is 35.5. The number of nitrogens with one attached hydrogen (secondary N) is 1. The van der Waals surface area contributed by atoms with Crippen molar-refractivity contribution >= 4 is 23.2 Å². The Labute approximate surface area is 260 Å². The van der Waals surface area contributed by atoms with E-state index in [0.717, 1.165) is 0 Å². The highest BCUT2D eigenvalue weighted by Crippen LogP contribution is 2.37. The summed E-state index contributed by atoms with van der Waals surface area (Å²) in [5, 5.41) is 15.1. The van der Waals surface area contributed by atoms with Crippen LogP contribution in [0.2, 0.25) is 5.02 Å². The second-order valence-electron chi connectivity index (χ2n) is 10.6. The largest absolute Gasteiger partial charge is 0.476 e. The number of fused-ring (bicyclic) bond motifs is 4. The average Bonchev–Trinajstić information content (AvgIpc) is 3.67. The topological polar surface area (TPSA) is 130 Å². The minimum absolute atomic E-state index is 0.0463. The number of carbonyl (C=O) groups is 1. The van der Waals surface area contributed by atoms with E-state index in [1.165, 1.54) is 17.1 Å². The van der Waals surface area contributed by atoms with Gasteiger partial charge in [-0.15, -0.1) is 0 Å². The van der Waals surface area contributed by atoms with Gasteiger partial charge in [-0.25, -0.2) is 14.2 Å². The van der Waals surface area contributed by atoms with E-state index in [-0.39, 0.29) is 23.0 Å². The van der Waals surface area contributed by atoms with Gasteiger partial charge in [0.1, 0.15) is 5.76 Å². The molecular weight excluding hydrogens is 608 g/mol. The van der Waals surface area contributed by atoms with Gasteiger partial charge in [-0.1, -0.05) is 35.3 Å². The van der Waals surface area contributed by atoms with Crippen LogP contribution in [0.25, 0.3) is 28.3 Å². The monoisotopic (exact) mass is 635 g/mol. The Balaban J connectivity index is 1.43. The lowest BCUT2D eigenvalue weighted by atomic mass is 9.88. The molecule has 14 heteroatoms. The van der Waals surface area contributed by atoms with E-state index in [1.807, 2.05) is 6.92 Å². The molecule has 1 aliphatic rings. The van der Waals surface area contributed by atoms with E-state index in [2.05, 4.69) is 25.7 Å². The molecule has 4 aromatic heterocycles. The molecule has 1 amide bonds.